The molecule has 0 bridgehead atoms. The van der Waals surface area contributed by atoms with Crippen LogP contribution in [0.5, 0.6) is 0 Å². The largest absolute Gasteiger partial charge is 0.412 e. The number of amides is 1. The predicted octanol–water partition coefficient (Wildman–Crippen LogP) is 5.82. The predicted molar refractivity (Wildman–Crippen MR) is 121 cm³/mol. The van der Waals surface area contributed by atoms with Crippen molar-refractivity contribution in [3.8, 4) is 0 Å². The van der Waals surface area contributed by atoms with E-state index in [4.69, 9.17) is 0 Å². The molecule has 1 unspecified atom stereocenters. The maximum Gasteiger partial charge on any atom is 0.412 e. The molecule has 0 saturated carbocycles. The molecule has 1 aliphatic rings. The summed E-state index contributed by atoms with van der Waals surface area (Å²) in [6, 6.07) is 15.6. The smallest absolute Gasteiger partial charge is 0.337 e. The van der Waals surface area contributed by atoms with Crippen molar-refractivity contribution in [2.75, 3.05) is 13.6 Å². The molecule has 32 heavy (non-hydrogen) atoms. The van der Waals surface area contributed by atoms with Crippen molar-refractivity contribution in [1.82, 2.24) is 10.2 Å². The highest BCUT2D eigenvalue weighted by Crippen LogP contribution is 2.36. The number of alkyl halides is 3. The number of benzene rings is 3. The van der Waals surface area contributed by atoms with E-state index in [1.54, 1.807) is 49.4 Å². The van der Waals surface area contributed by atoms with E-state index in [0.717, 1.165) is 31.4 Å². The average Bonchev–Trinajstić information content (AvgIpc) is 2.76. The third kappa shape index (κ3) is 4.65. The van der Waals surface area contributed by atoms with Crippen LogP contribution >= 0.6 is 0 Å². The van der Waals surface area contributed by atoms with Gasteiger partial charge in [0, 0.05) is 11.6 Å². The van der Waals surface area contributed by atoms with Gasteiger partial charge in [0.2, 0.25) is 0 Å². The lowest BCUT2D eigenvalue weighted by molar-refractivity contribution is -0.154. The molecule has 0 aromatic heterocycles. The molecule has 1 amide bonds. The van der Waals surface area contributed by atoms with Crippen molar-refractivity contribution in [3.05, 3.63) is 82.9 Å². The number of likely N-dealkylation sites (tertiary alicyclic amines) is 1. The molecule has 1 fully saturated rings. The van der Waals surface area contributed by atoms with Gasteiger partial charge in [-0.25, -0.2) is 0 Å². The zero-order valence-electron chi connectivity index (χ0n) is 18.2. The summed E-state index contributed by atoms with van der Waals surface area (Å²) in [4.78, 5) is 15.3. The van der Waals surface area contributed by atoms with Gasteiger partial charge in [-0.05, 0) is 73.3 Å². The minimum atomic E-state index is -4.62. The molecule has 2 atom stereocenters. The van der Waals surface area contributed by atoms with Crippen molar-refractivity contribution >= 4 is 16.7 Å². The Morgan fingerprint density at radius 2 is 1.88 bits per heavy atom. The SMILES string of the molecule is Cc1ccc(CCC2CCN2C)cc1C(=O)N[C@@H](c1cccc2ccccc12)C(F)(F)F. The zero-order chi connectivity index (χ0) is 22.9. The van der Waals surface area contributed by atoms with Gasteiger partial charge in [-0.2, -0.15) is 13.2 Å². The molecule has 3 aromatic rings. The Kier molecular flexibility index (Phi) is 6.24. The first-order valence-corrected chi connectivity index (χ1v) is 10.9. The second-order valence-corrected chi connectivity index (χ2v) is 8.63. The first-order chi connectivity index (χ1) is 15.2. The number of aryl methyl sites for hydroxylation is 2. The van der Waals surface area contributed by atoms with E-state index in [2.05, 4.69) is 17.3 Å². The maximum atomic E-state index is 14.1. The summed E-state index contributed by atoms with van der Waals surface area (Å²) in [5, 5.41) is 3.45. The van der Waals surface area contributed by atoms with Crippen LogP contribution < -0.4 is 5.32 Å². The van der Waals surface area contributed by atoms with E-state index in [-0.39, 0.29) is 5.56 Å². The summed E-state index contributed by atoms with van der Waals surface area (Å²) in [5.41, 5.74) is 1.96. The Labute approximate surface area is 186 Å². The van der Waals surface area contributed by atoms with Crippen molar-refractivity contribution in [1.29, 1.82) is 0 Å². The van der Waals surface area contributed by atoms with Crippen LogP contribution in [0, 0.1) is 6.92 Å². The Balaban J connectivity index is 1.59. The quantitative estimate of drug-likeness (QED) is 0.524. The lowest BCUT2D eigenvalue weighted by Gasteiger charge is -2.38. The number of fused-ring (bicyclic) bond motifs is 1. The minimum absolute atomic E-state index is 0.0470. The van der Waals surface area contributed by atoms with Crippen LogP contribution in [0.2, 0.25) is 0 Å². The highest BCUT2D eigenvalue weighted by atomic mass is 19.4. The molecule has 6 heteroatoms. The van der Waals surface area contributed by atoms with Gasteiger partial charge in [-0.15, -0.1) is 0 Å². The molecule has 1 aliphatic heterocycles. The number of nitrogens with zero attached hydrogens (tertiary/aromatic N) is 1. The number of carbonyl (C=O) groups excluding carboxylic acids is 1. The molecule has 4 rings (SSSR count). The molecule has 0 aliphatic carbocycles. The highest BCUT2D eigenvalue weighted by molar-refractivity contribution is 5.96. The number of rotatable bonds is 6. The average molecular weight is 441 g/mol. The van der Waals surface area contributed by atoms with Crippen molar-refractivity contribution < 1.29 is 18.0 Å². The van der Waals surface area contributed by atoms with Gasteiger partial charge in [-0.1, -0.05) is 54.6 Å². The Morgan fingerprint density at radius 3 is 2.56 bits per heavy atom. The summed E-state index contributed by atoms with van der Waals surface area (Å²) in [5.74, 6) is -0.708. The Morgan fingerprint density at radius 1 is 1.12 bits per heavy atom. The van der Waals surface area contributed by atoms with E-state index >= 15 is 0 Å². The molecule has 0 radical (unpaired) electrons. The van der Waals surface area contributed by atoms with Gasteiger partial charge in [0.1, 0.15) is 0 Å². The number of halogens is 3. The number of nitrogens with one attached hydrogen (secondary N) is 1. The third-order valence-electron chi connectivity index (χ3n) is 6.49. The van der Waals surface area contributed by atoms with Gasteiger partial charge >= 0.3 is 6.18 Å². The van der Waals surface area contributed by atoms with Crippen molar-refractivity contribution in [3.63, 3.8) is 0 Å². The normalized spacial score (nSPS) is 17.7. The van der Waals surface area contributed by atoms with E-state index in [9.17, 15) is 18.0 Å². The molecule has 1 heterocycles. The molecular weight excluding hydrogens is 413 g/mol. The fraction of sp³-hybridized carbons (Fsp3) is 0.346. The number of hydrogen-bond donors (Lipinski definition) is 1. The fourth-order valence-corrected chi connectivity index (χ4v) is 4.38. The lowest BCUT2D eigenvalue weighted by Crippen LogP contribution is -2.44. The van der Waals surface area contributed by atoms with E-state index < -0.39 is 18.1 Å². The second-order valence-electron chi connectivity index (χ2n) is 8.63. The standard InChI is InChI=1S/C26H27F3N2O/c1-17-10-11-18(12-13-20-14-15-31(20)2)16-23(17)25(32)30-24(26(27,28)29)22-9-5-7-19-6-3-4-8-21(19)22/h3-11,16,20,24H,12-15H2,1-2H3,(H,30,32)/t20?,24-/m0/s1. The van der Waals surface area contributed by atoms with E-state index in [0.29, 0.717) is 27.9 Å². The first kappa shape index (κ1) is 22.3. The van der Waals surface area contributed by atoms with Gasteiger partial charge in [-0.3, -0.25) is 4.79 Å². The van der Waals surface area contributed by atoms with Crippen LogP contribution in [-0.4, -0.2) is 36.6 Å². The van der Waals surface area contributed by atoms with Crippen LogP contribution in [-0.2, 0) is 6.42 Å². The van der Waals surface area contributed by atoms with Crippen LogP contribution in [0.15, 0.2) is 60.7 Å². The van der Waals surface area contributed by atoms with Gasteiger partial charge < -0.3 is 10.2 Å². The molecule has 3 aromatic carbocycles. The Bertz CT molecular complexity index is 1120. The minimum Gasteiger partial charge on any atom is -0.337 e. The molecule has 3 nitrogen and oxygen atoms in total. The summed E-state index contributed by atoms with van der Waals surface area (Å²) in [6.07, 6.45) is -1.70. The molecule has 1 N–H and O–H groups in total. The van der Waals surface area contributed by atoms with Crippen LogP contribution in [0.25, 0.3) is 10.8 Å². The summed E-state index contributed by atoms with van der Waals surface area (Å²) in [6.45, 7) is 2.85. The van der Waals surface area contributed by atoms with E-state index in [1.807, 2.05) is 12.1 Å². The molecular formula is C26H27F3N2O. The molecule has 1 saturated heterocycles. The monoisotopic (exact) mass is 440 g/mol. The summed E-state index contributed by atoms with van der Waals surface area (Å²) >= 11 is 0. The fourth-order valence-electron chi connectivity index (χ4n) is 4.38. The first-order valence-electron chi connectivity index (χ1n) is 10.9. The molecule has 0 spiro atoms. The maximum absolute atomic E-state index is 14.1. The topological polar surface area (TPSA) is 32.3 Å². The van der Waals surface area contributed by atoms with Crippen molar-refractivity contribution in [2.24, 2.45) is 0 Å². The summed E-state index contributed by atoms with van der Waals surface area (Å²) in [7, 11) is 2.09. The Hall–Kier alpha value is -2.86. The van der Waals surface area contributed by atoms with Gasteiger partial charge in [0.05, 0.1) is 0 Å². The second kappa shape index (κ2) is 8.94. The van der Waals surface area contributed by atoms with Gasteiger partial charge in [0.25, 0.3) is 5.91 Å². The number of hydrogen-bond acceptors (Lipinski definition) is 2. The van der Waals surface area contributed by atoms with Crippen LogP contribution in [0.1, 0.15) is 45.9 Å². The number of carbonyl (C=O) groups is 1. The van der Waals surface area contributed by atoms with Gasteiger partial charge in [0.15, 0.2) is 6.04 Å². The highest BCUT2D eigenvalue weighted by Gasteiger charge is 2.42. The third-order valence-corrected chi connectivity index (χ3v) is 6.49. The summed E-state index contributed by atoms with van der Waals surface area (Å²) < 4.78 is 42.2. The van der Waals surface area contributed by atoms with E-state index in [1.165, 1.54) is 6.07 Å². The zero-order valence-corrected chi connectivity index (χ0v) is 18.2. The molecule has 168 valence electrons. The van der Waals surface area contributed by atoms with Crippen LogP contribution in [0.4, 0.5) is 13.2 Å². The van der Waals surface area contributed by atoms with Crippen LogP contribution in [0.3, 0.4) is 0 Å². The van der Waals surface area contributed by atoms with Crippen molar-refractivity contribution in [2.45, 2.75) is 44.4 Å². The lowest BCUT2D eigenvalue weighted by atomic mass is 9.94.